The van der Waals surface area contributed by atoms with Crippen LogP contribution < -0.4 is 10.6 Å². The van der Waals surface area contributed by atoms with Crippen molar-refractivity contribution in [1.82, 2.24) is 10.3 Å². The lowest BCUT2D eigenvalue weighted by molar-refractivity contribution is -0.108. The quantitative estimate of drug-likeness (QED) is 0.337. The third-order valence-electron chi connectivity index (χ3n) is 5.52. The van der Waals surface area contributed by atoms with Crippen molar-refractivity contribution in [1.29, 1.82) is 5.41 Å². The van der Waals surface area contributed by atoms with Gasteiger partial charge in [-0.05, 0) is 35.1 Å². The Hall–Kier alpha value is -3.21. The van der Waals surface area contributed by atoms with Gasteiger partial charge in [-0.25, -0.2) is 4.98 Å². The summed E-state index contributed by atoms with van der Waals surface area (Å²) in [5.74, 6) is 0.423. The highest BCUT2D eigenvalue weighted by Crippen LogP contribution is 2.34. The van der Waals surface area contributed by atoms with Crippen molar-refractivity contribution < 1.29 is 4.79 Å². The molecule has 0 aliphatic carbocycles. The number of para-hydroxylation sites is 1. The molecular weight excluding hydrogens is 348 g/mol. The number of nitrogens with one attached hydrogen (secondary N) is 3. The SMILES string of the molecule is CC(C)C(C)(C)c1cccc(-c2cc(NC(=N)NC=O)c3ccccc3n2)c1. The third-order valence-corrected chi connectivity index (χ3v) is 5.52. The van der Waals surface area contributed by atoms with E-state index in [-0.39, 0.29) is 11.4 Å². The highest BCUT2D eigenvalue weighted by molar-refractivity contribution is 6.04. The van der Waals surface area contributed by atoms with Crippen LogP contribution in [0.4, 0.5) is 5.69 Å². The second kappa shape index (κ2) is 7.80. The Balaban J connectivity index is 2.11. The van der Waals surface area contributed by atoms with Gasteiger partial charge in [0.15, 0.2) is 5.96 Å². The summed E-state index contributed by atoms with van der Waals surface area (Å²) in [4.78, 5) is 15.5. The molecule has 144 valence electrons. The molecule has 0 aliphatic heterocycles. The van der Waals surface area contributed by atoms with Crippen LogP contribution in [0.5, 0.6) is 0 Å². The average molecular weight is 374 g/mol. The fourth-order valence-electron chi connectivity index (χ4n) is 3.07. The second-order valence-corrected chi connectivity index (χ2v) is 7.79. The van der Waals surface area contributed by atoms with E-state index >= 15 is 0 Å². The first-order valence-corrected chi connectivity index (χ1v) is 9.39. The number of benzene rings is 2. The Bertz CT molecular complexity index is 1020. The molecule has 1 amide bonds. The number of carbonyl (C=O) groups excluding carboxylic acids is 1. The molecular formula is C23H26N4O. The molecule has 0 saturated carbocycles. The Morgan fingerprint density at radius 2 is 1.86 bits per heavy atom. The van der Waals surface area contributed by atoms with Crippen molar-refractivity contribution >= 4 is 29.0 Å². The molecule has 5 heteroatoms. The highest BCUT2D eigenvalue weighted by atomic mass is 16.1. The van der Waals surface area contributed by atoms with E-state index in [0.717, 1.165) is 27.8 Å². The zero-order chi connectivity index (χ0) is 20.3. The number of rotatable bonds is 5. The Morgan fingerprint density at radius 3 is 2.57 bits per heavy atom. The van der Waals surface area contributed by atoms with Crippen LogP contribution >= 0.6 is 0 Å². The minimum absolute atomic E-state index is 0.0456. The summed E-state index contributed by atoms with van der Waals surface area (Å²) in [5, 5.41) is 14.0. The minimum atomic E-state index is -0.0769. The van der Waals surface area contributed by atoms with Crippen LogP contribution in [-0.2, 0) is 10.2 Å². The lowest BCUT2D eigenvalue weighted by Crippen LogP contribution is -2.28. The van der Waals surface area contributed by atoms with Crippen molar-refractivity contribution in [3.63, 3.8) is 0 Å². The number of fused-ring (bicyclic) bond motifs is 1. The number of guanidine groups is 1. The van der Waals surface area contributed by atoms with E-state index in [0.29, 0.717) is 12.3 Å². The fraction of sp³-hybridized carbons (Fsp3) is 0.261. The van der Waals surface area contributed by atoms with Crippen LogP contribution in [0.25, 0.3) is 22.2 Å². The Kier molecular flexibility index (Phi) is 5.45. The van der Waals surface area contributed by atoms with Crippen molar-refractivity contribution in [2.75, 3.05) is 5.32 Å². The fourth-order valence-corrected chi connectivity index (χ4v) is 3.07. The zero-order valence-corrected chi connectivity index (χ0v) is 16.7. The number of anilines is 1. The van der Waals surface area contributed by atoms with Crippen molar-refractivity contribution in [2.45, 2.75) is 33.1 Å². The molecule has 0 saturated heterocycles. The van der Waals surface area contributed by atoms with E-state index in [2.05, 4.69) is 62.6 Å². The predicted molar refractivity (Wildman–Crippen MR) is 116 cm³/mol. The lowest BCUT2D eigenvalue weighted by atomic mass is 9.75. The van der Waals surface area contributed by atoms with Crippen molar-refractivity contribution in [3.05, 3.63) is 60.2 Å². The lowest BCUT2D eigenvalue weighted by Gasteiger charge is -2.30. The number of aromatic nitrogens is 1. The summed E-state index contributed by atoms with van der Waals surface area (Å²) < 4.78 is 0. The van der Waals surface area contributed by atoms with Crippen LogP contribution in [0, 0.1) is 11.3 Å². The molecule has 0 atom stereocenters. The van der Waals surface area contributed by atoms with Gasteiger partial charge in [-0.15, -0.1) is 0 Å². The zero-order valence-electron chi connectivity index (χ0n) is 16.7. The first-order chi connectivity index (χ1) is 13.3. The highest BCUT2D eigenvalue weighted by Gasteiger charge is 2.25. The van der Waals surface area contributed by atoms with Gasteiger partial charge in [0.25, 0.3) is 0 Å². The minimum Gasteiger partial charge on any atom is -0.325 e. The standard InChI is InChI=1S/C23H26N4O/c1-15(2)23(3,4)17-9-7-8-16(12-17)20-13-21(27-22(24)25-14-28)18-10-5-6-11-19(18)26-20/h5-15H,1-4H3,(H3,24,25,26,27,28). The van der Waals surface area contributed by atoms with Crippen molar-refractivity contribution in [3.8, 4) is 11.3 Å². The maximum Gasteiger partial charge on any atom is 0.213 e. The van der Waals surface area contributed by atoms with E-state index in [1.54, 1.807) is 0 Å². The number of hydrogen-bond acceptors (Lipinski definition) is 3. The molecule has 5 nitrogen and oxygen atoms in total. The first kappa shape index (κ1) is 19.5. The Morgan fingerprint density at radius 1 is 1.11 bits per heavy atom. The monoisotopic (exact) mass is 374 g/mol. The van der Waals surface area contributed by atoms with E-state index in [4.69, 9.17) is 10.4 Å². The number of nitrogens with zero attached hydrogens (tertiary/aromatic N) is 1. The molecule has 3 aromatic rings. The van der Waals surface area contributed by atoms with Gasteiger partial charge in [0.1, 0.15) is 0 Å². The molecule has 0 fully saturated rings. The summed E-state index contributed by atoms with van der Waals surface area (Å²) in [6.45, 7) is 8.97. The van der Waals surface area contributed by atoms with Gasteiger partial charge in [0.05, 0.1) is 16.9 Å². The number of carbonyl (C=O) groups is 1. The van der Waals surface area contributed by atoms with Crippen LogP contribution in [0.1, 0.15) is 33.3 Å². The maximum atomic E-state index is 10.6. The topological polar surface area (TPSA) is 77.9 Å². The molecule has 1 aromatic heterocycles. The van der Waals surface area contributed by atoms with E-state index in [1.807, 2.05) is 30.3 Å². The summed E-state index contributed by atoms with van der Waals surface area (Å²) in [6, 6.07) is 18.1. The van der Waals surface area contributed by atoms with Gasteiger partial charge < -0.3 is 5.32 Å². The van der Waals surface area contributed by atoms with Crippen molar-refractivity contribution in [2.24, 2.45) is 5.92 Å². The number of pyridine rings is 1. The Labute approximate surface area is 165 Å². The molecule has 0 unspecified atom stereocenters. The first-order valence-electron chi connectivity index (χ1n) is 9.39. The summed E-state index contributed by atoms with van der Waals surface area (Å²) >= 11 is 0. The smallest absolute Gasteiger partial charge is 0.213 e. The van der Waals surface area contributed by atoms with Gasteiger partial charge >= 0.3 is 0 Å². The van der Waals surface area contributed by atoms with E-state index < -0.39 is 0 Å². The molecule has 0 bridgehead atoms. The predicted octanol–water partition coefficient (Wildman–Crippen LogP) is 4.93. The van der Waals surface area contributed by atoms with Crippen LogP contribution in [0.15, 0.2) is 54.6 Å². The molecule has 0 spiro atoms. The van der Waals surface area contributed by atoms with Gasteiger partial charge in [-0.3, -0.25) is 15.5 Å². The molecule has 0 radical (unpaired) electrons. The molecule has 3 rings (SSSR count). The average Bonchev–Trinajstić information content (AvgIpc) is 2.68. The third kappa shape index (κ3) is 3.88. The van der Waals surface area contributed by atoms with Crippen LogP contribution in [0.3, 0.4) is 0 Å². The number of amides is 1. The molecule has 3 N–H and O–H groups in total. The van der Waals surface area contributed by atoms with Crippen LogP contribution in [0.2, 0.25) is 0 Å². The summed E-state index contributed by atoms with van der Waals surface area (Å²) in [7, 11) is 0. The normalized spacial score (nSPS) is 11.5. The van der Waals surface area contributed by atoms with Gasteiger partial charge in [0, 0.05) is 10.9 Å². The van der Waals surface area contributed by atoms with E-state index in [1.165, 1.54) is 5.56 Å². The summed E-state index contributed by atoms with van der Waals surface area (Å²) in [5.41, 5.74) is 4.71. The van der Waals surface area contributed by atoms with Gasteiger partial charge in [0.2, 0.25) is 6.41 Å². The van der Waals surface area contributed by atoms with Gasteiger partial charge in [-0.2, -0.15) is 0 Å². The molecule has 2 aromatic carbocycles. The molecule has 1 heterocycles. The van der Waals surface area contributed by atoms with E-state index in [9.17, 15) is 4.79 Å². The maximum absolute atomic E-state index is 10.6. The largest absolute Gasteiger partial charge is 0.325 e. The summed E-state index contributed by atoms with van der Waals surface area (Å²) in [6.07, 6.45) is 0.483. The van der Waals surface area contributed by atoms with Gasteiger partial charge in [-0.1, -0.05) is 64.1 Å². The number of hydrogen-bond donors (Lipinski definition) is 3. The molecule has 0 aliphatic rings. The second-order valence-electron chi connectivity index (χ2n) is 7.79. The molecule has 28 heavy (non-hydrogen) atoms. The van der Waals surface area contributed by atoms with Crippen LogP contribution in [-0.4, -0.2) is 17.4 Å².